The monoisotopic (exact) mass is 299 g/mol. The number of anilines is 1. The Hall–Kier alpha value is -1.23. The summed E-state index contributed by atoms with van der Waals surface area (Å²) >= 11 is 3.44. The molecule has 0 aliphatic heterocycles. The van der Waals surface area contributed by atoms with E-state index in [9.17, 15) is 0 Å². The maximum absolute atomic E-state index is 8.81. The summed E-state index contributed by atoms with van der Waals surface area (Å²) in [6.07, 6.45) is 0. The summed E-state index contributed by atoms with van der Waals surface area (Å²) in [5.41, 5.74) is 7.40. The van der Waals surface area contributed by atoms with Crippen LogP contribution in [0.5, 0.6) is 0 Å². The van der Waals surface area contributed by atoms with E-state index < -0.39 is 0 Å². The van der Waals surface area contributed by atoms with Crippen LogP contribution in [-0.4, -0.2) is 23.6 Å². The second-order valence-electron chi connectivity index (χ2n) is 4.03. The van der Waals surface area contributed by atoms with Gasteiger partial charge in [-0.1, -0.05) is 21.1 Å². The summed E-state index contributed by atoms with van der Waals surface area (Å²) in [4.78, 5) is 2.19. The highest BCUT2D eigenvalue weighted by Crippen LogP contribution is 2.26. The SMILES string of the molecule is CCN(c1cc(Br)ccc1/C(N)=N/O)C(C)C. The van der Waals surface area contributed by atoms with Crippen molar-refractivity contribution in [1.82, 2.24) is 0 Å². The van der Waals surface area contributed by atoms with E-state index in [1.807, 2.05) is 18.2 Å². The molecular weight excluding hydrogens is 282 g/mol. The van der Waals surface area contributed by atoms with Gasteiger partial charge in [-0.3, -0.25) is 0 Å². The van der Waals surface area contributed by atoms with Gasteiger partial charge in [-0.25, -0.2) is 0 Å². The van der Waals surface area contributed by atoms with E-state index in [2.05, 4.69) is 46.8 Å². The van der Waals surface area contributed by atoms with Crippen molar-refractivity contribution < 1.29 is 5.21 Å². The zero-order valence-corrected chi connectivity index (χ0v) is 11.9. The summed E-state index contributed by atoms with van der Waals surface area (Å²) in [7, 11) is 0. The molecule has 1 aromatic rings. The van der Waals surface area contributed by atoms with Gasteiger partial charge < -0.3 is 15.8 Å². The van der Waals surface area contributed by atoms with Gasteiger partial charge in [0, 0.05) is 28.3 Å². The fraction of sp³-hybridized carbons (Fsp3) is 0.417. The molecule has 4 nitrogen and oxygen atoms in total. The van der Waals surface area contributed by atoms with Gasteiger partial charge in [-0.05, 0) is 39.0 Å². The summed E-state index contributed by atoms with van der Waals surface area (Å²) in [6.45, 7) is 7.16. The molecule has 0 radical (unpaired) electrons. The number of amidine groups is 1. The predicted molar refractivity (Wildman–Crippen MR) is 74.8 cm³/mol. The van der Waals surface area contributed by atoms with Crippen LogP contribution in [-0.2, 0) is 0 Å². The molecular formula is C12H18BrN3O. The van der Waals surface area contributed by atoms with E-state index in [0.29, 0.717) is 6.04 Å². The Balaban J connectivity index is 3.33. The minimum atomic E-state index is 0.131. The molecule has 0 aliphatic rings. The van der Waals surface area contributed by atoms with Crippen LogP contribution in [0.4, 0.5) is 5.69 Å². The second-order valence-corrected chi connectivity index (χ2v) is 4.94. The standard InChI is InChI=1S/C12H18BrN3O/c1-4-16(8(2)3)11-7-9(13)5-6-10(11)12(14)15-17/h5-8,17H,4H2,1-3H3,(H2,14,15). The molecule has 5 heteroatoms. The van der Waals surface area contributed by atoms with E-state index in [4.69, 9.17) is 10.9 Å². The molecule has 0 saturated heterocycles. The largest absolute Gasteiger partial charge is 0.409 e. The number of rotatable bonds is 4. The van der Waals surface area contributed by atoms with Crippen LogP contribution in [0.3, 0.4) is 0 Å². The average Bonchev–Trinajstić information content (AvgIpc) is 2.29. The van der Waals surface area contributed by atoms with Crippen LogP contribution in [0, 0.1) is 0 Å². The van der Waals surface area contributed by atoms with Crippen LogP contribution in [0.25, 0.3) is 0 Å². The Morgan fingerprint density at radius 3 is 2.65 bits per heavy atom. The first kappa shape index (κ1) is 13.8. The lowest BCUT2D eigenvalue weighted by Gasteiger charge is -2.29. The van der Waals surface area contributed by atoms with Gasteiger partial charge in [-0.2, -0.15) is 0 Å². The van der Waals surface area contributed by atoms with E-state index in [0.717, 1.165) is 22.3 Å². The minimum absolute atomic E-state index is 0.131. The lowest BCUT2D eigenvalue weighted by atomic mass is 10.1. The molecule has 3 N–H and O–H groups in total. The second kappa shape index (κ2) is 5.91. The van der Waals surface area contributed by atoms with E-state index in [-0.39, 0.29) is 5.84 Å². The van der Waals surface area contributed by atoms with Crippen molar-refractivity contribution in [2.75, 3.05) is 11.4 Å². The fourth-order valence-electron chi connectivity index (χ4n) is 1.83. The van der Waals surface area contributed by atoms with Gasteiger partial charge in [-0.15, -0.1) is 0 Å². The zero-order valence-electron chi connectivity index (χ0n) is 10.3. The van der Waals surface area contributed by atoms with Crippen molar-refractivity contribution >= 4 is 27.5 Å². The fourth-order valence-corrected chi connectivity index (χ4v) is 2.18. The molecule has 0 fully saturated rings. The summed E-state index contributed by atoms with van der Waals surface area (Å²) in [5.74, 6) is 0.131. The number of hydrogen-bond acceptors (Lipinski definition) is 3. The third-order valence-electron chi connectivity index (χ3n) is 2.62. The van der Waals surface area contributed by atoms with Crippen LogP contribution in [0.15, 0.2) is 27.8 Å². The van der Waals surface area contributed by atoms with Gasteiger partial charge in [0.05, 0.1) is 0 Å². The van der Waals surface area contributed by atoms with Crippen molar-refractivity contribution in [3.63, 3.8) is 0 Å². The molecule has 0 amide bonds. The van der Waals surface area contributed by atoms with Crippen LogP contribution in [0.2, 0.25) is 0 Å². The summed E-state index contributed by atoms with van der Waals surface area (Å²) in [6, 6.07) is 6.06. The molecule has 0 bridgehead atoms. The number of benzene rings is 1. The smallest absolute Gasteiger partial charge is 0.172 e. The first-order chi connectivity index (χ1) is 8.01. The minimum Gasteiger partial charge on any atom is -0.409 e. The Morgan fingerprint density at radius 1 is 1.53 bits per heavy atom. The molecule has 0 atom stereocenters. The number of oxime groups is 1. The van der Waals surface area contributed by atoms with Crippen molar-refractivity contribution in [3.8, 4) is 0 Å². The molecule has 94 valence electrons. The van der Waals surface area contributed by atoms with Gasteiger partial charge >= 0.3 is 0 Å². The molecule has 0 spiro atoms. The molecule has 0 saturated carbocycles. The van der Waals surface area contributed by atoms with E-state index in [1.165, 1.54) is 0 Å². The maximum atomic E-state index is 8.81. The molecule has 0 unspecified atom stereocenters. The molecule has 0 aliphatic carbocycles. The van der Waals surface area contributed by atoms with Gasteiger partial charge in [0.1, 0.15) is 0 Å². The van der Waals surface area contributed by atoms with Crippen LogP contribution < -0.4 is 10.6 Å². The van der Waals surface area contributed by atoms with Crippen molar-refractivity contribution in [2.45, 2.75) is 26.8 Å². The molecule has 1 rings (SSSR count). The zero-order chi connectivity index (χ0) is 13.0. The third-order valence-corrected chi connectivity index (χ3v) is 3.11. The molecule has 17 heavy (non-hydrogen) atoms. The maximum Gasteiger partial charge on any atom is 0.172 e. The Kier molecular flexibility index (Phi) is 4.81. The predicted octanol–water partition coefficient (Wildman–Crippen LogP) is 2.78. The highest BCUT2D eigenvalue weighted by atomic mass is 79.9. The Labute approximate surface area is 110 Å². The summed E-state index contributed by atoms with van der Waals surface area (Å²) in [5, 5.41) is 11.9. The van der Waals surface area contributed by atoms with Crippen LogP contribution >= 0.6 is 15.9 Å². The Bertz CT molecular complexity index is 418. The summed E-state index contributed by atoms with van der Waals surface area (Å²) < 4.78 is 0.973. The van der Waals surface area contributed by atoms with Crippen molar-refractivity contribution in [2.24, 2.45) is 10.9 Å². The number of hydrogen-bond donors (Lipinski definition) is 2. The van der Waals surface area contributed by atoms with E-state index in [1.54, 1.807) is 0 Å². The Morgan fingerprint density at radius 2 is 2.18 bits per heavy atom. The molecule has 0 aromatic heterocycles. The van der Waals surface area contributed by atoms with Gasteiger partial charge in [0.15, 0.2) is 5.84 Å². The quantitative estimate of drug-likeness (QED) is 0.389. The normalized spacial score (nSPS) is 11.9. The lowest BCUT2D eigenvalue weighted by Crippen LogP contribution is -2.32. The van der Waals surface area contributed by atoms with Crippen molar-refractivity contribution in [3.05, 3.63) is 28.2 Å². The van der Waals surface area contributed by atoms with Crippen molar-refractivity contribution in [1.29, 1.82) is 0 Å². The van der Waals surface area contributed by atoms with E-state index >= 15 is 0 Å². The van der Waals surface area contributed by atoms with Gasteiger partial charge in [0.25, 0.3) is 0 Å². The molecule has 0 heterocycles. The number of nitrogens with two attached hydrogens (primary N) is 1. The highest BCUT2D eigenvalue weighted by molar-refractivity contribution is 9.10. The first-order valence-electron chi connectivity index (χ1n) is 5.55. The first-order valence-corrected chi connectivity index (χ1v) is 6.34. The number of nitrogens with zero attached hydrogens (tertiary/aromatic N) is 2. The molecule has 1 aromatic carbocycles. The highest BCUT2D eigenvalue weighted by Gasteiger charge is 2.15. The third kappa shape index (κ3) is 3.12. The average molecular weight is 300 g/mol. The topological polar surface area (TPSA) is 61.8 Å². The van der Waals surface area contributed by atoms with Crippen LogP contribution in [0.1, 0.15) is 26.3 Å². The van der Waals surface area contributed by atoms with Gasteiger partial charge in [0.2, 0.25) is 0 Å². The lowest BCUT2D eigenvalue weighted by molar-refractivity contribution is 0.318. The number of halogens is 1.